The average Bonchev–Trinajstić information content (AvgIpc) is 2.48. The number of amides is 1. The Bertz CT molecular complexity index is 670. The molecule has 2 aromatic rings. The number of halogens is 1. The molecule has 2 aromatic carbocycles. The van der Waals surface area contributed by atoms with Crippen LogP contribution in [0.25, 0.3) is 0 Å². The number of nitrogens with one attached hydrogen (secondary N) is 1. The van der Waals surface area contributed by atoms with Crippen LogP contribution in [0.5, 0.6) is 5.75 Å². The van der Waals surface area contributed by atoms with Crippen LogP contribution in [-0.4, -0.2) is 18.8 Å². The van der Waals surface area contributed by atoms with Crippen molar-refractivity contribution in [2.24, 2.45) is 0 Å². The summed E-state index contributed by atoms with van der Waals surface area (Å²) in [6.45, 7) is 1.48. The first kappa shape index (κ1) is 14.7. The molecule has 4 nitrogen and oxygen atoms in total. The van der Waals surface area contributed by atoms with E-state index in [0.717, 1.165) is 5.56 Å². The van der Waals surface area contributed by atoms with E-state index in [0.29, 0.717) is 12.0 Å². The predicted molar refractivity (Wildman–Crippen MR) is 77.1 cm³/mol. The number of hydrogen-bond donors (Lipinski definition) is 1. The molecular formula is C16H14FNO3. The Morgan fingerprint density at radius 2 is 2.00 bits per heavy atom. The molecule has 0 aliphatic heterocycles. The maximum absolute atomic E-state index is 13.6. The van der Waals surface area contributed by atoms with Gasteiger partial charge in [0, 0.05) is 5.69 Å². The van der Waals surface area contributed by atoms with Gasteiger partial charge in [0.05, 0.1) is 5.56 Å². The van der Waals surface area contributed by atoms with Crippen molar-refractivity contribution < 1.29 is 18.7 Å². The van der Waals surface area contributed by atoms with E-state index < -0.39 is 11.7 Å². The maximum Gasteiger partial charge on any atom is 0.262 e. The lowest BCUT2D eigenvalue weighted by atomic mass is 10.2. The number of rotatable bonds is 5. The summed E-state index contributed by atoms with van der Waals surface area (Å²) in [5, 5.41) is 2.66. The molecule has 0 bridgehead atoms. The molecule has 0 heterocycles. The summed E-state index contributed by atoms with van der Waals surface area (Å²) < 4.78 is 18.7. The van der Waals surface area contributed by atoms with Gasteiger partial charge in [-0.05, 0) is 30.7 Å². The Kier molecular flexibility index (Phi) is 4.66. The van der Waals surface area contributed by atoms with Crippen molar-refractivity contribution in [1.82, 2.24) is 0 Å². The summed E-state index contributed by atoms with van der Waals surface area (Å²) in [7, 11) is 0. The molecule has 21 heavy (non-hydrogen) atoms. The third-order valence-electron chi connectivity index (χ3n) is 2.89. The summed E-state index contributed by atoms with van der Waals surface area (Å²) in [5.41, 5.74) is 1.64. The molecule has 0 saturated heterocycles. The van der Waals surface area contributed by atoms with Crippen LogP contribution in [-0.2, 0) is 4.79 Å². The van der Waals surface area contributed by atoms with Crippen LogP contribution >= 0.6 is 0 Å². The highest BCUT2D eigenvalue weighted by atomic mass is 19.1. The monoisotopic (exact) mass is 287 g/mol. The number of benzene rings is 2. The molecule has 0 saturated carbocycles. The summed E-state index contributed by atoms with van der Waals surface area (Å²) in [5.74, 6) is -1.32. The number of hydrogen-bond acceptors (Lipinski definition) is 3. The van der Waals surface area contributed by atoms with Gasteiger partial charge in [-0.2, -0.15) is 0 Å². The molecule has 0 atom stereocenters. The van der Waals surface area contributed by atoms with Crippen molar-refractivity contribution >= 4 is 17.9 Å². The normalized spacial score (nSPS) is 10.0. The first-order valence-corrected chi connectivity index (χ1v) is 6.34. The Morgan fingerprint density at radius 3 is 2.71 bits per heavy atom. The lowest BCUT2D eigenvalue weighted by Crippen LogP contribution is -2.21. The lowest BCUT2D eigenvalue weighted by Gasteiger charge is -2.11. The van der Waals surface area contributed by atoms with Gasteiger partial charge in [0.15, 0.2) is 24.5 Å². The van der Waals surface area contributed by atoms with Gasteiger partial charge in [-0.3, -0.25) is 9.59 Å². The number of ether oxygens (including phenoxy) is 1. The molecule has 108 valence electrons. The molecule has 0 unspecified atom stereocenters. The molecule has 0 aromatic heterocycles. The van der Waals surface area contributed by atoms with Crippen LogP contribution in [0.3, 0.4) is 0 Å². The van der Waals surface area contributed by atoms with Crippen molar-refractivity contribution in [3.05, 3.63) is 59.4 Å². The van der Waals surface area contributed by atoms with Crippen molar-refractivity contribution in [3.63, 3.8) is 0 Å². The smallest absolute Gasteiger partial charge is 0.262 e. The van der Waals surface area contributed by atoms with Crippen LogP contribution in [0.15, 0.2) is 42.5 Å². The fourth-order valence-corrected chi connectivity index (χ4v) is 1.81. The zero-order valence-electron chi connectivity index (χ0n) is 11.4. The number of carbonyl (C=O) groups is 2. The molecule has 0 spiro atoms. The minimum absolute atomic E-state index is 0.0682. The van der Waals surface area contributed by atoms with Gasteiger partial charge in [0.2, 0.25) is 0 Å². The van der Waals surface area contributed by atoms with Crippen molar-refractivity contribution in [2.45, 2.75) is 6.92 Å². The molecule has 1 amide bonds. The van der Waals surface area contributed by atoms with E-state index in [4.69, 9.17) is 4.74 Å². The van der Waals surface area contributed by atoms with Crippen LogP contribution in [0.1, 0.15) is 15.9 Å². The summed E-state index contributed by atoms with van der Waals surface area (Å²) in [6, 6.07) is 11.3. The van der Waals surface area contributed by atoms with Gasteiger partial charge in [-0.25, -0.2) is 4.39 Å². The zero-order chi connectivity index (χ0) is 15.2. The van der Waals surface area contributed by atoms with Gasteiger partial charge in [0.1, 0.15) is 0 Å². The fourth-order valence-electron chi connectivity index (χ4n) is 1.81. The van der Waals surface area contributed by atoms with Gasteiger partial charge in [-0.1, -0.05) is 24.3 Å². The van der Waals surface area contributed by atoms with Crippen molar-refractivity contribution in [2.75, 3.05) is 11.9 Å². The van der Waals surface area contributed by atoms with Gasteiger partial charge in [-0.15, -0.1) is 0 Å². The van der Waals surface area contributed by atoms with Crippen LogP contribution < -0.4 is 10.1 Å². The highest BCUT2D eigenvalue weighted by molar-refractivity contribution is 5.92. The molecule has 0 fully saturated rings. The van der Waals surface area contributed by atoms with E-state index in [9.17, 15) is 14.0 Å². The lowest BCUT2D eigenvalue weighted by molar-refractivity contribution is -0.118. The SMILES string of the molecule is Cc1ccccc1NC(=O)COc1c(F)cccc1C=O. The highest BCUT2D eigenvalue weighted by Gasteiger charge is 2.12. The van der Waals surface area contributed by atoms with Crippen LogP contribution in [0.4, 0.5) is 10.1 Å². The second kappa shape index (κ2) is 6.65. The minimum atomic E-state index is -0.678. The van der Waals surface area contributed by atoms with E-state index >= 15 is 0 Å². The molecular weight excluding hydrogens is 273 g/mol. The number of aldehydes is 1. The first-order chi connectivity index (χ1) is 10.1. The topological polar surface area (TPSA) is 55.4 Å². The summed E-state index contributed by atoms with van der Waals surface area (Å²) in [4.78, 5) is 22.6. The van der Waals surface area contributed by atoms with E-state index in [1.807, 2.05) is 19.1 Å². The Labute approximate surface area is 121 Å². The number of carbonyl (C=O) groups excluding carboxylic acids is 2. The molecule has 1 N–H and O–H groups in total. The van der Waals surface area contributed by atoms with Crippen molar-refractivity contribution in [1.29, 1.82) is 0 Å². The largest absolute Gasteiger partial charge is 0.480 e. The third-order valence-corrected chi connectivity index (χ3v) is 2.89. The second-order valence-corrected chi connectivity index (χ2v) is 4.43. The standard InChI is InChI=1S/C16H14FNO3/c1-11-5-2-3-8-14(11)18-15(20)10-21-16-12(9-19)6-4-7-13(16)17/h2-9H,10H2,1H3,(H,18,20). The van der Waals surface area contributed by atoms with E-state index in [1.54, 1.807) is 12.1 Å². The minimum Gasteiger partial charge on any atom is -0.480 e. The first-order valence-electron chi connectivity index (χ1n) is 6.34. The van der Waals surface area contributed by atoms with Gasteiger partial charge in [0.25, 0.3) is 5.91 Å². The Hall–Kier alpha value is -2.69. The van der Waals surface area contributed by atoms with E-state index in [-0.39, 0.29) is 17.9 Å². The summed E-state index contributed by atoms with van der Waals surface area (Å²) in [6.07, 6.45) is 0.484. The molecule has 0 aliphatic rings. The Balaban J connectivity index is 2.02. The Morgan fingerprint density at radius 1 is 1.24 bits per heavy atom. The molecule has 2 rings (SSSR count). The molecule has 0 radical (unpaired) electrons. The number of aryl methyl sites for hydroxylation is 1. The number of para-hydroxylation sites is 2. The zero-order valence-corrected chi connectivity index (χ0v) is 11.4. The summed E-state index contributed by atoms with van der Waals surface area (Å²) >= 11 is 0. The second-order valence-electron chi connectivity index (χ2n) is 4.43. The average molecular weight is 287 g/mol. The third kappa shape index (κ3) is 3.66. The van der Waals surface area contributed by atoms with E-state index in [1.165, 1.54) is 18.2 Å². The van der Waals surface area contributed by atoms with Crippen molar-refractivity contribution in [3.8, 4) is 5.75 Å². The highest BCUT2D eigenvalue weighted by Crippen LogP contribution is 2.21. The molecule has 5 heteroatoms. The molecule has 0 aliphatic carbocycles. The van der Waals surface area contributed by atoms with Gasteiger partial charge >= 0.3 is 0 Å². The van der Waals surface area contributed by atoms with Crippen LogP contribution in [0, 0.1) is 12.7 Å². The fraction of sp³-hybridized carbons (Fsp3) is 0.125. The van der Waals surface area contributed by atoms with E-state index in [2.05, 4.69) is 5.32 Å². The quantitative estimate of drug-likeness (QED) is 0.860. The maximum atomic E-state index is 13.6. The van der Waals surface area contributed by atoms with Crippen LogP contribution in [0.2, 0.25) is 0 Å². The van der Waals surface area contributed by atoms with Gasteiger partial charge < -0.3 is 10.1 Å². The predicted octanol–water partition coefficient (Wildman–Crippen LogP) is 2.96. The number of anilines is 1.